The molecule has 0 aromatic heterocycles. The van der Waals surface area contributed by atoms with Gasteiger partial charge in [0.1, 0.15) is 0 Å². The highest BCUT2D eigenvalue weighted by Crippen LogP contribution is 2.39. The molecule has 0 saturated carbocycles. The van der Waals surface area contributed by atoms with Crippen LogP contribution in [0, 0.1) is 0 Å². The number of hydrogen-bond acceptors (Lipinski definition) is 1. The van der Waals surface area contributed by atoms with E-state index in [2.05, 4.69) is 74.4 Å². The molecular formula is C18H30O2S. The Morgan fingerprint density at radius 1 is 0.762 bits per heavy atom. The molecule has 0 radical (unpaired) electrons. The first-order chi connectivity index (χ1) is 9.15. The number of rotatable bonds is 1. The van der Waals surface area contributed by atoms with Gasteiger partial charge < -0.3 is 4.55 Å². The maximum absolute atomic E-state index is 12.0. The molecule has 3 heteroatoms. The second kappa shape index (κ2) is 5.51. The molecule has 1 rings (SSSR count). The van der Waals surface area contributed by atoms with Crippen LogP contribution < -0.4 is 0 Å². The zero-order chi connectivity index (χ0) is 16.8. The van der Waals surface area contributed by atoms with Crippen molar-refractivity contribution < 1.29 is 8.76 Å². The van der Waals surface area contributed by atoms with Crippen LogP contribution in [0.25, 0.3) is 0 Å². The Balaban J connectivity index is 3.89. The van der Waals surface area contributed by atoms with Crippen LogP contribution in [0.15, 0.2) is 17.0 Å². The quantitative estimate of drug-likeness (QED) is 0.727. The highest BCUT2D eigenvalue weighted by molar-refractivity contribution is 7.79. The molecular weight excluding hydrogens is 280 g/mol. The van der Waals surface area contributed by atoms with Crippen LogP contribution >= 0.6 is 0 Å². The maximum atomic E-state index is 12.0. The van der Waals surface area contributed by atoms with E-state index in [9.17, 15) is 8.76 Å². The van der Waals surface area contributed by atoms with E-state index in [1.807, 2.05) is 0 Å². The fraction of sp³-hybridized carbons (Fsp3) is 0.667. The van der Waals surface area contributed by atoms with Crippen molar-refractivity contribution in [3.63, 3.8) is 0 Å². The van der Waals surface area contributed by atoms with Gasteiger partial charge in [-0.3, -0.25) is 0 Å². The van der Waals surface area contributed by atoms with E-state index in [0.717, 1.165) is 11.1 Å². The van der Waals surface area contributed by atoms with Crippen molar-refractivity contribution in [1.29, 1.82) is 0 Å². The lowest BCUT2D eigenvalue weighted by Gasteiger charge is -2.32. The smallest absolute Gasteiger partial charge is 0.187 e. The third-order valence-electron chi connectivity index (χ3n) is 3.75. The van der Waals surface area contributed by atoms with Crippen LogP contribution in [0.5, 0.6) is 0 Å². The molecule has 1 aromatic rings. The summed E-state index contributed by atoms with van der Waals surface area (Å²) in [4.78, 5) is 0.586. The topological polar surface area (TPSA) is 37.3 Å². The zero-order valence-corrected chi connectivity index (χ0v) is 15.7. The lowest BCUT2D eigenvalue weighted by atomic mass is 9.75. The molecule has 1 unspecified atom stereocenters. The van der Waals surface area contributed by atoms with Gasteiger partial charge in [-0.05, 0) is 32.9 Å². The van der Waals surface area contributed by atoms with Gasteiger partial charge in [0.15, 0.2) is 11.1 Å². The SMILES string of the molecule is CC(C)(C)c1cc(C(C)(C)C)c(S(=O)O)c(C(C)(C)C)c1. The molecule has 0 aliphatic rings. The van der Waals surface area contributed by atoms with Crippen LogP contribution in [0.3, 0.4) is 0 Å². The predicted octanol–water partition coefficient (Wildman–Crippen LogP) is 5.16. The summed E-state index contributed by atoms with van der Waals surface area (Å²) < 4.78 is 21.9. The molecule has 1 aromatic carbocycles. The third kappa shape index (κ3) is 4.17. The maximum Gasteiger partial charge on any atom is 0.187 e. The molecule has 0 saturated heterocycles. The highest BCUT2D eigenvalue weighted by atomic mass is 32.2. The van der Waals surface area contributed by atoms with Gasteiger partial charge in [0.2, 0.25) is 0 Å². The third-order valence-corrected chi connectivity index (χ3v) is 4.53. The summed E-state index contributed by atoms with van der Waals surface area (Å²) in [5.74, 6) is 0. The van der Waals surface area contributed by atoms with Gasteiger partial charge in [-0.1, -0.05) is 74.4 Å². The molecule has 0 aliphatic carbocycles. The molecule has 1 atom stereocenters. The predicted molar refractivity (Wildman–Crippen MR) is 91.6 cm³/mol. The van der Waals surface area contributed by atoms with Gasteiger partial charge in [0.05, 0.1) is 4.90 Å². The minimum absolute atomic E-state index is 0.00940. The van der Waals surface area contributed by atoms with Crippen LogP contribution in [-0.4, -0.2) is 8.76 Å². The summed E-state index contributed by atoms with van der Waals surface area (Å²) in [6, 6.07) is 4.22. The second-order valence-corrected chi connectivity index (χ2v) is 9.81. The summed E-state index contributed by atoms with van der Waals surface area (Å²) in [5.41, 5.74) is 2.83. The van der Waals surface area contributed by atoms with Crippen molar-refractivity contribution in [1.82, 2.24) is 0 Å². The van der Waals surface area contributed by atoms with Gasteiger partial charge >= 0.3 is 0 Å². The molecule has 1 N–H and O–H groups in total. The standard InChI is InChI=1S/C18H30O2S/c1-16(2,3)12-10-13(17(4,5)6)15(21(19)20)14(11-12)18(7,8)9/h10-11H,1-9H3,(H,19,20). The number of hydrogen-bond donors (Lipinski definition) is 1. The number of benzene rings is 1. The lowest BCUT2D eigenvalue weighted by Crippen LogP contribution is -2.24. The monoisotopic (exact) mass is 310 g/mol. The van der Waals surface area contributed by atoms with Crippen LogP contribution in [0.4, 0.5) is 0 Å². The van der Waals surface area contributed by atoms with Crippen molar-refractivity contribution in [3.05, 3.63) is 28.8 Å². The van der Waals surface area contributed by atoms with Crippen molar-refractivity contribution in [2.75, 3.05) is 0 Å². The lowest BCUT2D eigenvalue weighted by molar-refractivity contribution is 0.511. The molecule has 120 valence electrons. The van der Waals surface area contributed by atoms with Crippen LogP contribution in [-0.2, 0) is 27.3 Å². The van der Waals surface area contributed by atoms with Crippen LogP contribution in [0.2, 0.25) is 0 Å². The average Bonchev–Trinajstić information content (AvgIpc) is 2.23. The van der Waals surface area contributed by atoms with Crippen molar-refractivity contribution in [2.24, 2.45) is 0 Å². The normalized spacial score (nSPS) is 15.1. The van der Waals surface area contributed by atoms with Crippen LogP contribution in [0.1, 0.15) is 79.0 Å². The Kier molecular flexibility index (Phi) is 4.82. The molecule has 2 nitrogen and oxygen atoms in total. The summed E-state index contributed by atoms with van der Waals surface area (Å²) in [5, 5.41) is 0. The van der Waals surface area contributed by atoms with E-state index in [4.69, 9.17) is 0 Å². The average molecular weight is 311 g/mol. The Morgan fingerprint density at radius 3 is 1.29 bits per heavy atom. The summed E-state index contributed by atoms with van der Waals surface area (Å²) in [7, 11) is 0. The van der Waals surface area contributed by atoms with E-state index >= 15 is 0 Å². The van der Waals surface area contributed by atoms with Gasteiger partial charge in [-0.25, -0.2) is 4.21 Å². The first-order valence-corrected chi connectivity index (χ1v) is 8.56. The van der Waals surface area contributed by atoms with E-state index < -0.39 is 11.1 Å². The summed E-state index contributed by atoms with van der Waals surface area (Å²) in [6.45, 7) is 19.1. The van der Waals surface area contributed by atoms with E-state index in [1.54, 1.807) is 0 Å². The van der Waals surface area contributed by atoms with Gasteiger partial charge in [0.25, 0.3) is 0 Å². The summed E-state index contributed by atoms with van der Waals surface area (Å²) in [6.07, 6.45) is 0. The highest BCUT2D eigenvalue weighted by Gasteiger charge is 2.31. The second-order valence-electron chi connectivity index (χ2n) is 8.90. The van der Waals surface area contributed by atoms with E-state index in [1.165, 1.54) is 5.56 Å². The molecule has 21 heavy (non-hydrogen) atoms. The largest absolute Gasteiger partial charge is 0.302 e. The minimum atomic E-state index is -1.98. The fourth-order valence-electron chi connectivity index (χ4n) is 2.36. The van der Waals surface area contributed by atoms with E-state index in [-0.39, 0.29) is 16.2 Å². The van der Waals surface area contributed by atoms with E-state index in [0.29, 0.717) is 4.90 Å². The molecule has 0 amide bonds. The Bertz CT molecular complexity index is 517. The van der Waals surface area contributed by atoms with Gasteiger partial charge in [-0.2, -0.15) is 0 Å². The first-order valence-electron chi connectivity index (χ1n) is 7.46. The van der Waals surface area contributed by atoms with Crippen molar-refractivity contribution >= 4 is 11.1 Å². The Labute approximate surface area is 132 Å². The molecule has 0 spiro atoms. The molecule has 0 aliphatic heterocycles. The Morgan fingerprint density at radius 2 is 1.10 bits per heavy atom. The zero-order valence-electron chi connectivity index (χ0n) is 14.9. The minimum Gasteiger partial charge on any atom is -0.302 e. The summed E-state index contributed by atoms with van der Waals surface area (Å²) >= 11 is -1.98. The van der Waals surface area contributed by atoms with Gasteiger partial charge in [0, 0.05) is 0 Å². The molecule has 0 heterocycles. The molecule has 0 fully saturated rings. The van der Waals surface area contributed by atoms with Crippen molar-refractivity contribution in [2.45, 2.75) is 83.5 Å². The first kappa shape index (κ1) is 18.4. The fourth-order valence-corrected chi connectivity index (χ4v) is 3.47. The molecule has 0 bridgehead atoms. The van der Waals surface area contributed by atoms with Gasteiger partial charge in [-0.15, -0.1) is 0 Å². The Hall–Kier alpha value is -0.670. The van der Waals surface area contributed by atoms with Crippen molar-refractivity contribution in [3.8, 4) is 0 Å².